The molecule has 15 heavy (non-hydrogen) atoms. The third-order valence-electron chi connectivity index (χ3n) is 3.22. The molecule has 0 bridgehead atoms. The Labute approximate surface area is 95.4 Å². The molecule has 0 aliphatic rings. The first-order valence-corrected chi connectivity index (χ1v) is 6.15. The van der Waals surface area contributed by atoms with Crippen LogP contribution in [0.15, 0.2) is 0 Å². The zero-order valence-corrected chi connectivity index (χ0v) is 11.1. The normalized spacial score (nSPS) is 17.4. The molecule has 3 heteroatoms. The minimum absolute atomic E-state index is 0.601. The van der Waals surface area contributed by atoms with Gasteiger partial charge in [0.05, 0.1) is 0 Å². The van der Waals surface area contributed by atoms with Gasteiger partial charge in [0.2, 0.25) is 0 Å². The first-order valence-electron chi connectivity index (χ1n) is 6.15. The Bertz CT molecular complexity index is 139. The number of rotatable bonds is 9. The lowest BCUT2D eigenvalue weighted by atomic mass is 10.0. The molecule has 0 amide bonds. The van der Waals surface area contributed by atoms with Crippen molar-refractivity contribution in [1.82, 2.24) is 16.0 Å². The maximum Gasteiger partial charge on any atom is 0.00787 e. The molecule has 0 aliphatic heterocycles. The van der Waals surface area contributed by atoms with Gasteiger partial charge in [-0.3, -0.25) is 0 Å². The van der Waals surface area contributed by atoms with E-state index < -0.39 is 0 Å². The highest BCUT2D eigenvalue weighted by Crippen LogP contribution is 2.08. The van der Waals surface area contributed by atoms with Crippen LogP contribution in [0.25, 0.3) is 0 Å². The summed E-state index contributed by atoms with van der Waals surface area (Å²) in [7, 11) is 6.12. The SMILES string of the molecule is CNC(C)CCCC(CC(C)NC)NC. The van der Waals surface area contributed by atoms with Crippen molar-refractivity contribution in [3.8, 4) is 0 Å². The van der Waals surface area contributed by atoms with Crippen LogP contribution in [0.1, 0.15) is 39.5 Å². The molecule has 0 saturated heterocycles. The third-order valence-corrected chi connectivity index (χ3v) is 3.22. The second-order valence-electron chi connectivity index (χ2n) is 4.53. The Hall–Kier alpha value is -0.120. The first-order chi connectivity index (χ1) is 7.13. The van der Waals surface area contributed by atoms with E-state index in [0.29, 0.717) is 18.1 Å². The summed E-state index contributed by atoms with van der Waals surface area (Å²) in [6, 6.07) is 1.89. The largest absolute Gasteiger partial charge is 0.317 e. The van der Waals surface area contributed by atoms with Crippen LogP contribution < -0.4 is 16.0 Å². The van der Waals surface area contributed by atoms with Crippen molar-refractivity contribution in [3.63, 3.8) is 0 Å². The van der Waals surface area contributed by atoms with Crippen LogP contribution >= 0.6 is 0 Å². The van der Waals surface area contributed by atoms with Crippen LogP contribution in [-0.2, 0) is 0 Å². The summed E-state index contributed by atoms with van der Waals surface area (Å²) in [4.78, 5) is 0. The lowest BCUT2D eigenvalue weighted by molar-refractivity contribution is 0.401. The van der Waals surface area contributed by atoms with E-state index in [2.05, 4.69) is 36.8 Å². The molecule has 3 unspecified atom stereocenters. The molecule has 92 valence electrons. The molecule has 3 nitrogen and oxygen atoms in total. The molecule has 0 aliphatic carbocycles. The lowest BCUT2D eigenvalue weighted by Crippen LogP contribution is -2.34. The van der Waals surface area contributed by atoms with Gasteiger partial charge in [-0.2, -0.15) is 0 Å². The van der Waals surface area contributed by atoms with Crippen LogP contribution in [-0.4, -0.2) is 39.3 Å². The van der Waals surface area contributed by atoms with Crippen molar-refractivity contribution in [3.05, 3.63) is 0 Å². The first kappa shape index (κ1) is 14.9. The van der Waals surface area contributed by atoms with Crippen LogP contribution in [0.2, 0.25) is 0 Å². The van der Waals surface area contributed by atoms with Crippen molar-refractivity contribution >= 4 is 0 Å². The molecule has 0 aromatic heterocycles. The molecule has 3 atom stereocenters. The number of hydrogen-bond donors (Lipinski definition) is 3. The van der Waals surface area contributed by atoms with E-state index in [1.807, 2.05) is 14.1 Å². The topological polar surface area (TPSA) is 36.1 Å². The maximum atomic E-state index is 3.40. The second kappa shape index (κ2) is 9.13. The molecule has 0 heterocycles. The van der Waals surface area contributed by atoms with Gasteiger partial charge in [0, 0.05) is 18.1 Å². The zero-order valence-electron chi connectivity index (χ0n) is 11.1. The van der Waals surface area contributed by atoms with Gasteiger partial charge >= 0.3 is 0 Å². The summed E-state index contributed by atoms with van der Waals surface area (Å²) in [5, 5.41) is 9.96. The van der Waals surface area contributed by atoms with Crippen molar-refractivity contribution in [1.29, 1.82) is 0 Å². The van der Waals surface area contributed by atoms with Crippen LogP contribution in [0, 0.1) is 0 Å². The maximum absolute atomic E-state index is 3.40. The Morgan fingerprint density at radius 1 is 0.800 bits per heavy atom. The summed E-state index contributed by atoms with van der Waals surface area (Å²) < 4.78 is 0. The highest BCUT2D eigenvalue weighted by atomic mass is 14.9. The molecule has 0 aromatic carbocycles. The summed E-state index contributed by atoms with van der Waals surface area (Å²) in [6.07, 6.45) is 5.04. The van der Waals surface area contributed by atoms with E-state index in [4.69, 9.17) is 0 Å². The molecule has 0 saturated carbocycles. The van der Waals surface area contributed by atoms with Gasteiger partial charge in [-0.25, -0.2) is 0 Å². The number of nitrogens with one attached hydrogen (secondary N) is 3. The van der Waals surface area contributed by atoms with E-state index in [0.717, 1.165) is 0 Å². The average molecular weight is 215 g/mol. The average Bonchev–Trinajstić information content (AvgIpc) is 2.26. The van der Waals surface area contributed by atoms with Gasteiger partial charge in [-0.1, -0.05) is 6.42 Å². The lowest BCUT2D eigenvalue weighted by Gasteiger charge is -2.21. The highest BCUT2D eigenvalue weighted by Gasteiger charge is 2.10. The molecular formula is C12H29N3. The summed E-state index contributed by atoms with van der Waals surface area (Å²) >= 11 is 0. The molecule has 0 aromatic rings. The van der Waals surface area contributed by atoms with E-state index >= 15 is 0 Å². The predicted octanol–water partition coefficient (Wildman–Crippen LogP) is 1.35. The van der Waals surface area contributed by atoms with Gasteiger partial charge < -0.3 is 16.0 Å². The summed E-state index contributed by atoms with van der Waals surface area (Å²) in [5.41, 5.74) is 0. The standard InChI is InChI=1S/C12H29N3/c1-10(13-3)7-6-8-12(15-5)9-11(2)14-4/h10-15H,6-9H2,1-5H3. The summed E-state index contributed by atoms with van der Waals surface area (Å²) in [6.45, 7) is 4.48. The van der Waals surface area contributed by atoms with Gasteiger partial charge in [-0.05, 0) is 54.3 Å². The molecule has 0 rings (SSSR count). The molecule has 0 fully saturated rings. The monoisotopic (exact) mass is 215 g/mol. The van der Waals surface area contributed by atoms with E-state index in [1.54, 1.807) is 0 Å². The van der Waals surface area contributed by atoms with Gasteiger partial charge in [0.1, 0.15) is 0 Å². The Morgan fingerprint density at radius 2 is 1.40 bits per heavy atom. The quantitative estimate of drug-likeness (QED) is 0.543. The van der Waals surface area contributed by atoms with Gasteiger partial charge in [0.15, 0.2) is 0 Å². The van der Waals surface area contributed by atoms with E-state index in [1.165, 1.54) is 25.7 Å². The fraction of sp³-hybridized carbons (Fsp3) is 1.00. The van der Waals surface area contributed by atoms with E-state index in [9.17, 15) is 0 Å². The third kappa shape index (κ3) is 7.77. The van der Waals surface area contributed by atoms with Crippen molar-refractivity contribution in [2.75, 3.05) is 21.1 Å². The molecule has 0 radical (unpaired) electrons. The smallest absolute Gasteiger partial charge is 0.00787 e. The highest BCUT2D eigenvalue weighted by molar-refractivity contribution is 4.72. The van der Waals surface area contributed by atoms with Crippen LogP contribution in [0.4, 0.5) is 0 Å². The van der Waals surface area contributed by atoms with Gasteiger partial charge in [0.25, 0.3) is 0 Å². The van der Waals surface area contributed by atoms with E-state index in [-0.39, 0.29) is 0 Å². The Kier molecular flexibility index (Phi) is 9.06. The van der Waals surface area contributed by atoms with Crippen LogP contribution in [0.3, 0.4) is 0 Å². The molecule has 0 spiro atoms. The van der Waals surface area contributed by atoms with Crippen molar-refractivity contribution < 1.29 is 0 Å². The summed E-state index contributed by atoms with van der Waals surface area (Å²) in [5.74, 6) is 0. The number of hydrogen-bond acceptors (Lipinski definition) is 3. The second-order valence-corrected chi connectivity index (χ2v) is 4.53. The predicted molar refractivity (Wildman–Crippen MR) is 68.4 cm³/mol. The van der Waals surface area contributed by atoms with Crippen molar-refractivity contribution in [2.45, 2.75) is 57.7 Å². The van der Waals surface area contributed by atoms with Crippen LogP contribution in [0.5, 0.6) is 0 Å². The minimum atomic E-state index is 0.601. The minimum Gasteiger partial charge on any atom is -0.317 e. The van der Waals surface area contributed by atoms with Gasteiger partial charge in [-0.15, -0.1) is 0 Å². The Balaban J connectivity index is 3.61. The molecular weight excluding hydrogens is 186 g/mol. The Morgan fingerprint density at radius 3 is 1.87 bits per heavy atom. The molecule has 3 N–H and O–H groups in total. The zero-order chi connectivity index (χ0) is 11.7. The fourth-order valence-electron chi connectivity index (χ4n) is 1.74. The van der Waals surface area contributed by atoms with Crippen molar-refractivity contribution in [2.24, 2.45) is 0 Å². The fourth-order valence-corrected chi connectivity index (χ4v) is 1.74.